The lowest BCUT2D eigenvalue weighted by atomic mass is 10.0. The number of amides is 3. The molecule has 160 valence electrons. The van der Waals surface area contributed by atoms with Crippen LogP contribution in [0, 0.1) is 12.3 Å². The Balaban J connectivity index is 1.39. The van der Waals surface area contributed by atoms with Gasteiger partial charge in [0.1, 0.15) is 12.0 Å². The first kappa shape index (κ1) is 20.6. The maximum atomic E-state index is 13.0. The molecule has 0 spiro atoms. The highest BCUT2D eigenvalue weighted by Gasteiger charge is 2.45. The average molecular weight is 422 g/mol. The summed E-state index contributed by atoms with van der Waals surface area (Å²) in [4.78, 5) is 38.4. The fourth-order valence-electron chi connectivity index (χ4n) is 3.85. The maximum Gasteiger partial charge on any atom is 0.265 e. The van der Waals surface area contributed by atoms with Crippen LogP contribution in [-0.4, -0.2) is 56.4 Å². The number of carbonyl (C=O) groups is 3. The highest BCUT2D eigenvalue weighted by Crippen LogP contribution is 2.34. The van der Waals surface area contributed by atoms with Crippen LogP contribution < -0.4 is 10.1 Å². The number of piperidine rings is 1. The molecule has 2 aliphatic rings. The number of imide groups is 1. The minimum Gasteiger partial charge on any atom is -0.493 e. The van der Waals surface area contributed by atoms with Crippen LogP contribution in [0.4, 0.5) is 0 Å². The summed E-state index contributed by atoms with van der Waals surface area (Å²) in [5.41, 5.74) is 1.17. The Morgan fingerprint density at radius 3 is 2.84 bits per heavy atom. The number of aryl methyl sites for hydroxylation is 1. The van der Waals surface area contributed by atoms with Gasteiger partial charge in [-0.3, -0.25) is 24.0 Å². The number of hydrogen-bond acceptors (Lipinski definition) is 6. The SMILES string of the molecule is C#Cc1cnn(CCCCOc2cccc3c2C(=O)N(C2CCC(=O)NC2O)C3=O)c1. The topological polar surface area (TPSA) is 114 Å². The van der Waals surface area contributed by atoms with Crippen LogP contribution >= 0.6 is 0 Å². The normalized spacial score (nSPS) is 20.4. The van der Waals surface area contributed by atoms with Crippen molar-refractivity contribution in [1.29, 1.82) is 0 Å². The van der Waals surface area contributed by atoms with E-state index in [0.29, 0.717) is 25.3 Å². The first-order chi connectivity index (χ1) is 15.0. The van der Waals surface area contributed by atoms with Gasteiger partial charge < -0.3 is 15.2 Å². The van der Waals surface area contributed by atoms with E-state index in [1.165, 1.54) is 0 Å². The van der Waals surface area contributed by atoms with Gasteiger partial charge in [0.2, 0.25) is 5.91 Å². The van der Waals surface area contributed by atoms with Gasteiger partial charge >= 0.3 is 0 Å². The van der Waals surface area contributed by atoms with Crippen molar-refractivity contribution in [2.75, 3.05) is 6.61 Å². The number of hydrogen-bond donors (Lipinski definition) is 2. The minimum absolute atomic E-state index is 0.136. The van der Waals surface area contributed by atoms with Gasteiger partial charge in [-0.1, -0.05) is 12.0 Å². The summed E-state index contributed by atoms with van der Waals surface area (Å²) < 4.78 is 7.59. The Labute approximate surface area is 179 Å². The maximum absolute atomic E-state index is 13.0. The van der Waals surface area contributed by atoms with Crippen LogP contribution in [0.1, 0.15) is 52.0 Å². The molecule has 1 fully saturated rings. The van der Waals surface area contributed by atoms with E-state index < -0.39 is 24.1 Å². The molecule has 3 amide bonds. The quantitative estimate of drug-likeness (QED) is 0.390. The van der Waals surface area contributed by atoms with Crippen molar-refractivity contribution in [2.45, 2.75) is 44.5 Å². The standard InChI is InChI=1S/C22H22N4O5/c1-2-14-12-23-25(13-14)10-3-4-11-31-17-7-5-6-15-19(17)22(30)26(21(15)29)16-8-9-18(27)24-20(16)28/h1,5-7,12-13,16,20,28H,3-4,8-11H2,(H,24,27). The molecule has 0 bridgehead atoms. The second-order valence-electron chi connectivity index (χ2n) is 7.47. The minimum atomic E-state index is -1.29. The van der Waals surface area contributed by atoms with E-state index in [4.69, 9.17) is 11.2 Å². The number of aliphatic hydroxyl groups excluding tert-OH is 1. The van der Waals surface area contributed by atoms with Crippen molar-refractivity contribution in [2.24, 2.45) is 0 Å². The number of nitrogens with zero attached hydrogens (tertiary/aromatic N) is 3. The number of ether oxygens (including phenoxy) is 1. The molecule has 2 atom stereocenters. The van der Waals surface area contributed by atoms with Crippen molar-refractivity contribution in [1.82, 2.24) is 20.0 Å². The summed E-state index contributed by atoms with van der Waals surface area (Å²) in [5.74, 6) is 1.54. The van der Waals surface area contributed by atoms with Gasteiger partial charge in [0.25, 0.3) is 11.8 Å². The first-order valence-corrected chi connectivity index (χ1v) is 10.1. The number of terminal acetylenes is 1. The summed E-state index contributed by atoms with van der Waals surface area (Å²) in [6.45, 7) is 1.05. The Bertz CT molecular complexity index is 1070. The molecule has 9 heteroatoms. The third-order valence-corrected chi connectivity index (χ3v) is 5.42. The molecule has 1 aromatic carbocycles. The van der Waals surface area contributed by atoms with Crippen molar-refractivity contribution in [3.05, 3.63) is 47.3 Å². The molecule has 31 heavy (non-hydrogen) atoms. The van der Waals surface area contributed by atoms with Crippen LogP contribution in [-0.2, 0) is 11.3 Å². The van der Waals surface area contributed by atoms with Crippen LogP contribution in [0.25, 0.3) is 0 Å². The van der Waals surface area contributed by atoms with Gasteiger partial charge in [0.05, 0.1) is 35.5 Å². The van der Waals surface area contributed by atoms with Crippen molar-refractivity contribution < 1.29 is 24.2 Å². The van der Waals surface area contributed by atoms with Crippen LogP contribution in [0.5, 0.6) is 5.75 Å². The number of unbranched alkanes of at least 4 members (excludes halogenated alkanes) is 1. The lowest BCUT2D eigenvalue weighted by Gasteiger charge is -2.33. The number of nitrogens with one attached hydrogen (secondary N) is 1. The molecule has 0 saturated carbocycles. The van der Waals surface area contributed by atoms with Crippen LogP contribution in [0.15, 0.2) is 30.6 Å². The van der Waals surface area contributed by atoms with E-state index in [2.05, 4.69) is 16.3 Å². The van der Waals surface area contributed by atoms with Crippen LogP contribution in [0.3, 0.4) is 0 Å². The lowest BCUT2D eigenvalue weighted by molar-refractivity contribution is -0.129. The predicted molar refractivity (Wildman–Crippen MR) is 109 cm³/mol. The molecule has 0 aliphatic carbocycles. The summed E-state index contributed by atoms with van der Waals surface area (Å²) in [6.07, 6.45) is 9.34. The molecule has 4 rings (SSSR count). The fraction of sp³-hybridized carbons (Fsp3) is 0.364. The highest BCUT2D eigenvalue weighted by atomic mass is 16.5. The zero-order valence-electron chi connectivity index (χ0n) is 16.8. The van der Waals surface area contributed by atoms with E-state index in [9.17, 15) is 19.5 Å². The van der Waals surface area contributed by atoms with Gasteiger partial charge in [0, 0.05) is 19.2 Å². The second-order valence-corrected chi connectivity index (χ2v) is 7.47. The Kier molecular flexibility index (Phi) is 5.73. The predicted octanol–water partition coefficient (Wildman–Crippen LogP) is 0.917. The molecule has 3 heterocycles. The number of benzene rings is 1. The zero-order chi connectivity index (χ0) is 22.0. The lowest BCUT2D eigenvalue weighted by Crippen LogP contribution is -2.57. The molecule has 1 saturated heterocycles. The van der Waals surface area contributed by atoms with Gasteiger partial charge in [0.15, 0.2) is 0 Å². The number of rotatable bonds is 7. The van der Waals surface area contributed by atoms with E-state index in [-0.39, 0.29) is 29.9 Å². The van der Waals surface area contributed by atoms with Crippen LogP contribution in [0.2, 0.25) is 0 Å². The molecule has 0 radical (unpaired) electrons. The molecule has 2 unspecified atom stereocenters. The molecule has 9 nitrogen and oxygen atoms in total. The zero-order valence-corrected chi connectivity index (χ0v) is 16.8. The van der Waals surface area contributed by atoms with Gasteiger partial charge in [-0.15, -0.1) is 6.42 Å². The summed E-state index contributed by atoms with van der Waals surface area (Å²) in [6, 6.07) is 4.07. The smallest absolute Gasteiger partial charge is 0.265 e. The first-order valence-electron chi connectivity index (χ1n) is 10.1. The largest absolute Gasteiger partial charge is 0.493 e. The highest BCUT2D eigenvalue weighted by molar-refractivity contribution is 6.22. The van der Waals surface area contributed by atoms with E-state index in [0.717, 1.165) is 16.9 Å². The van der Waals surface area contributed by atoms with E-state index >= 15 is 0 Å². The monoisotopic (exact) mass is 422 g/mol. The molecule has 1 aromatic heterocycles. The number of aromatic nitrogens is 2. The molecular formula is C22H22N4O5. The number of aliphatic hydroxyl groups is 1. The average Bonchev–Trinajstić information content (AvgIpc) is 3.32. The van der Waals surface area contributed by atoms with E-state index in [1.807, 2.05) is 0 Å². The van der Waals surface area contributed by atoms with Gasteiger partial charge in [-0.25, -0.2) is 0 Å². The van der Waals surface area contributed by atoms with Gasteiger partial charge in [-0.2, -0.15) is 5.10 Å². The van der Waals surface area contributed by atoms with Crippen molar-refractivity contribution >= 4 is 17.7 Å². The molecule has 2 N–H and O–H groups in total. The fourth-order valence-corrected chi connectivity index (χ4v) is 3.85. The van der Waals surface area contributed by atoms with Crippen molar-refractivity contribution in [3.63, 3.8) is 0 Å². The Morgan fingerprint density at radius 2 is 2.10 bits per heavy atom. The van der Waals surface area contributed by atoms with Gasteiger partial charge in [-0.05, 0) is 31.4 Å². The Hall–Kier alpha value is -3.64. The van der Waals surface area contributed by atoms with E-state index in [1.54, 1.807) is 35.3 Å². The molecule has 2 aliphatic heterocycles. The van der Waals surface area contributed by atoms with Crippen molar-refractivity contribution in [3.8, 4) is 18.1 Å². The second kappa shape index (κ2) is 8.62. The summed E-state index contributed by atoms with van der Waals surface area (Å²) in [7, 11) is 0. The third kappa shape index (κ3) is 4.02. The third-order valence-electron chi connectivity index (χ3n) is 5.42. The Morgan fingerprint density at radius 1 is 1.26 bits per heavy atom. The molecule has 2 aromatic rings. The number of carbonyl (C=O) groups excluding carboxylic acids is 3. The summed E-state index contributed by atoms with van der Waals surface area (Å²) >= 11 is 0. The summed E-state index contributed by atoms with van der Waals surface area (Å²) in [5, 5.41) is 16.7. The molecular weight excluding hydrogens is 400 g/mol. The number of fused-ring (bicyclic) bond motifs is 1.